The van der Waals surface area contributed by atoms with E-state index in [1.54, 1.807) is 6.92 Å². The first-order chi connectivity index (χ1) is 10.7. The highest BCUT2D eigenvalue weighted by atomic mass is 35.5. The normalized spacial score (nSPS) is 12.6. The summed E-state index contributed by atoms with van der Waals surface area (Å²) in [4.78, 5) is 11.3. The van der Waals surface area contributed by atoms with Crippen LogP contribution < -0.4 is 10.5 Å². The zero-order valence-corrected chi connectivity index (χ0v) is 15.5. The summed E-state index contributed by atoms with van der Waals surface area (Å²) in [6.45, 7) is 5.72. The van der Waals surface area contributed by atoms with Gasteiger partial charge in [-0.05, 0) is 37.5 Å². The van der Waals surface area contributed by atoms with Crippen molar-refractivity contribution in [1.82, 2.24) is 4.72 Å². The number of rotatable bonds is 8. The van der Waals surface area contributed by atoms with Crippen molar-refractivity contribution in [3.8, 4) is 0 Å². The number of carbonyl (C=O) groups excluding carboxylic acids is 1. The van der Waals surface area contributed by atoms with Gasteiger partial charge in [-0.1, -0.05) is 13.8 Å². The standard InChI is InChI=1S/C15H23FN2O4S.ClH/c1-4-22-15(19)11-6-12(16)8-14(7-11)23(20,21)18-13(9-17)5-10(2)3;/h6-8,10,13,18H,4-5,9,17H2,1-3H3;1H. The zero-order chi connectivity index (χ0) is 17.6. The Kier molecular flexibility index (Phi) is 9.42. The molecule has 0 aliphatic rings. The number of hydrogen-bond donors (Lipinski definition) is 2. The number of nitrogens with two attached hydrogens (primary N) is 1. The summed E-state index contributed by atoms with van der Waals surface area (Å²) in [5.74, 6) is -1.36. The van der Waals surface area contributed by atoms with E-state index >= 15 is 0 Å². The molecule has 0 aliphatic carbocycles. The minimum Gasteiger partial charge on any atom is -0.462 e. The molecule has 0 fully saturated rings. The number of sulfonamides is 1. The predicted octanol–water partition coefficient (Wildman–Crippen LogP) is 2.08. The van der Waals surface area contributed by atoms with E-state index in [-0.39, 0.29) is 41.9 Å². The van der Waals surface area contributed by atoms with Crippen molar-refractivity contribution in [2.45, 2.75) is 38.1 Å². The molecule has 0 bridgehead atoms. The molecule has 24 heavy (non-hydrogen) atoms. The van der Waals surface area contributed by atoms with Gasteiger partial charge in [-0.3, -0.25) is 0 Å². The van der Waals surface area contributed by atoms with Crippen LogP contribution in [0.2, 0.25) is 0 Å². The maximum Gasteiger partial charge on any atom is 0.338 e. The molecule has 1 rings (SSSR count). The van der Waals surface area contributed by atoms with Gasteiger partial charge in [0.15, 0.2) is 0 Å². The Morgan fingerprint density at radius 2 is 1.96 bits per heavy atom. The SMILES string of the molecule is CCOC(=O)c1cc(F)cc(S(=O)(=O)NC(CN)CC(C)C)c1.Cl. The van der Waals surface area contributed by atoms with Gasteiger partial charge in [0.05, 0.1) is 17.1 Å². The fraction of sp³-hybridized carbons (Fsp3) is 0.533. The highest BCUT2D eigenvalue weighted by Crippen LogP contribution is 2.17. The average Bonchev–Trinajstić information content (AvgIpc) is 2.45. The molecule has 6 nitrogen and oxygen atoms in total. The summed E-state index contributed by atoms with van der Waals surface area (Å²) in [6, 6.07) is 2.42. The highest BCUT2D eigenvalue weighted by Gasteiger charge is 2.22. The van der Waals surface area contributed by atoms with Crippen molar-refractivity contribution in [1.29, 1.82) is 0 Å². The Morgan fingerprint density at radius 1 is 1.33 bits per heavy atom. The largest absolute Gasteiger partial charge is 0.462 e. The molecule has 3 N–H and O–H groups in total. The van der Waals surface area contributed by atoms with Crippen LogP contribution in [0.4, 0.5) is 4.39 Å². The van der Waals surface area contributed by atoms with Crippen molar-refractivity contribution >= 4 is 28.4 Å². The average molecular weight is 383 g/mol. The van der Waals surface area contributed by atoms with Gasteiger partial charge in [0, 0.05) is 12.6 Å². The van der Waals surface area contributed by atoms with E-state index in [9.17, 15) is 17.6 Å². The second-order valence-electron chi connectivity index (χ2n) is 5.58. The lowest BCUT2D eigenvalue weighted by atomic mass is 10.1. The Labute approximate surface area is 148 Å². The van der Waals surface area contributed by atoms with Gasteiger partial charge in [-0.25, -0.2) is 22.3 Å². The van der Waals surface area contributed by atoms with Gasteiger partial charge in [0.25, 0.3) is 0 Å². The van der Waals surface area contributed by atoms with Crippen LogP contribution in [0.15, 0.2) is 23.1 Å². The van der Waals surface area contributed by atoms with Crippen LogP contribution in [-0.2, 0) is 14.8 Å². The van der Waals surface area contributed by atoms with E-state index in [1.807, 2.05) is 13.8 Å². The molecule has 0 heterocycles. The van der Waals surface area contributed by atoms with E-state index < -0.39 is 27.9 Å². The van der Waals surface area contributed by atoms with Gasteiger partial charge in [0.1, 0.15) is 5.82 Å². The van der Waals surface area contributed by atoms with Gasteiger partial charge in [-0.2, -0.15) is 0 Å². The quantitative estimate of drug-likeness (QED) is 0.670. The Balaban J connectivity index is 0.00000529. The van der Waals surface area contributed by atoms with Crippen molar-refractivity contribution in [3.63, 3.8) is 0 Å². The molecule has 1 atom stereocenters. The third kappa shape index (κ3) is 6.72. The number of nitrogens with one attached hydrogen (secondary N) is 1. The Bertz CT molecular complexity index is 653. The van der Waals surface area contributed by atoms with Crippen molar-refractivity contribution < 1.29 is 22.3 Å². The fourth-order valence-corrected chi connectivity index (χ4v) is 3.42. The molecule has 1 unspecified atom stereocenters. The zero-order valence-electron chi connectivity index (χ0n) is 13.9. The van der Waals surface area contributed by atoms with Crippen LogP contribution in [0.5, 0.6) is 0 Å². The predicted molar refractivity (Wildman–Crippen MR) is 92.2 cm³/mol. The number of benzene rings is 1. The Hall–Kier alpha value is -1.22. The summed E-state index contributed by atoms with van der Waals surface area (Å²) < 4.78 is 45.6. The number of ether oxygens (including phenoxy) is 1. The van der Waals surface area contributed by atoms with Crippen molar-refractivity contribution in [2.75, 3.05) is 13.2 Å². The minimum absolute atomic E-state index is 0. The molecule has 138 valence electrons. The van der Waals surface area contributed by atoms with E-state index in [1.165, 1.54) is 0 Å². The lowest BCUT2D eigenvalue weighted by molar-refractivity contribution is 0.0525. The maximum atomic E-state index is 13.7. The van der Waals surface area contributed by atoms with Crippen LogP contribution in [0.25, 0.3) is 0 Å². The second kappa shape index (κ2) is 9.93. The van der Waals surface area contributed by atoms with Crippen LogP contribution in [0, 0.1) is 11.7 Å². The lowest BCUT2D eigenvalue weighted by Crippen LogP contribution is -2.41. The van der Waals surface area contributed by atoms with Gasteiger partial charge in [-0.15, -0.1) is 12.4 Å². The molecule has 0 aliphatic heterocycles. The highest BCUT2D eigenvalue weighted by molar-refractivity contribution is 7.89. The van der Waals surface area contributed by atoms with Crippen LogP contribution >= 0.6 is 12.4 Å². The summed E-state index contributed by atoms with van der Waals surface area (Å²) in [5.41, 5.74) is 5.43. The van der Waals surface area contributed by atoms with Crippen LogP contribution in [-0.4, -0.2) is 33.6 Å². The van der Waals surface area contributed by atoms with E-state index in [2.05, 4.69) is 4.72 Å². The molecule has 1 aromatic carbocycles. The third-order valence-corrected chi connectivity index (χ3v) is 4.55. The van der Waals surface area contributed by atoms with Crippen LogP contribution in [0.1, 0.15) is 37.6 Å². The van der Waals surface area contributed by atoms with Gasteiger partial charge in [0.2, 0.25) is 10.0 Å². The minimum atomic E-state index is -3.99. The topological polar surface area (TPSA) is 98.5 Å². The number of halogens is 2. The molecule has 0 radical (unpaired) electrons. The van der Waals surface area contributed by atoms with Gasteiger partial charge < -0.3 is 10.5 Å². The monoisotopic (exact) mass is 382 g/mol. The summed E-state index contributed by atoms with van der Waals surface area (Å²) >= 11 is 0. The maximum absolute atomic E-state index is 13.7. The first-order valence-corrected chi connectivity index (χ1v) is 8.88. The van der Waals surface area contributed by atoms with Crippen molar-refractivity contribution in [2.24, 2.45) is 11.7 Å². The lowest BCUT2D eigenvalue weighted by Gasteiger charge is -2.19. The molecular weight excluding hydrogens is 359 g/mol. The molecule has 0 amide bonds. The van der Waals surface area contributed by atoms with Gasteiger partial charge >= 0.3 is 5.97 Å². The second-order valence-corrected chi connectivity index (χ2v) is 7.29. The Morgan fingerprint density at radius 3 is 2.46 bits per heavy atom. The molecule has 0 spiro atoms. The first kappa shape index (κ1) is 22.8. The number of carbonyl (C=O) groups is 1. The van der Waals surface area contributed by atoms with E-state index in [0.29, 0.717) is 6.42 Å². The van der Waals surface area contributed by atoms with E-state index in [4.69, 9.17) is 10.5 Å². The number of esters is 1. The third-order valence-electron chi connectivity index (χ3n) is 3.05. The summed E-state index contributed by atoms with van der Waals surface area (Å²) in [7, 11) is -3.99. The van der Waals surface area contributed by atoms with Crippen LogP contribution in [0.3, 0.4) is 0 Å². The molecule has 9 heteroatoms. The van der Waals surface area contributed by atoms with Crippen molar-refractivity contribution in [3.05, 3.63) is 29.6 Å². The molecular formula is C15H24ClFN2O4S. The molecule has 0 saturated heterocycles. The fourth-order valence-electron chi connectivity index (χ4n) is 2.10. The molecule has 0 saturated carbocycles. The summed E-state index contributed by atoms with van der Waals surface area (Å²) in [6.07, 6.45) is 0.551. The number of hydrogen-bond acceptors (Lipinski definition) is 5. The molecule has 1 aromatic rings. The smallest absolute Gasteiger partial charge is 0.338 e. The summed E-state index contributed by atoms with van der Waals surface area (Å²) in [5, 5.41) is 0. The van der Waals surface area contributed by atoms with E-state index in [0.717, 1.165) is 18.2 Å². The first-order valence-electron chi connectivity index (χ1n) is 7.39. The molecule has 0 aromatic heterocycles.